The van der Waals surface area contributed by atoms with Crippen LogP contribution in [0.2, 0.25) is 0 Å². The number of fused-ring (bicyclic) bond motifs is 1. The third kappa shape index (κ3) is 2.35. The van der Waals surface area contributed by atoms with E-state index in [4.69, 9.17) is 5.11 Å². The minimum Gasteiger partial charge on any atom is -0.481 e. The van der Waals surface area contributed by atoms with Crippen molar-refractivity contribution in [3.63, 3.8) is 0 Å². The van der Waals surface area contributed by atoms with Gasteiger partial charge in [-0.05, 0) is 49.3 Å². The van der Waals surface area contributed by atoms with Gasteiger partial charge in [-0.2, -0.15) is 0 Å². The number of benzene rings is 1. The molecular formula is C15H17NO3. The molecule has 2 aliphatic rings. The number of anilines is 1. The molecule has 1 aromatic carbocycles. The molecule has 2 N–H and O–H groups in total. The summed E-state index contributed by atoms with van der Waals surface area (Å²) in [5.41, 5.74) is 3.42. The van der Waals surface area contributed by atoms with E-state index in [-0.39, 0.29) is 11.8 Å². The van der Waals surface area contributed by atoms with Gasteiger partial charge in [0.05, 0.1) is 11.8 Å². The second kappa shape index (κ2) is 4.68. The molecule has 0 spiro atoms. The third-order valence-corrected chi connectivity index (χ3v) is 4.10. The van der Waals surface area contributed by atoms with Crippen LogP contribution in [0.25, 0.3) is 0 Å². The molecule has 0 heterocycles. The zero-order valence-electron chi connectivity index (χ0n) is 10.7. The maximum absolute atomic E-state index is 12.0. The molecule has 100 valence electrons. The zero-order valence-corrected chi connectivity index (χ0v) is 10.7. The molecule has 4 heteroatoms. The van der Waals surface area contributed by atoms with Crippen LogP contribution in [0.1, 0.15) is 30.4 Å². The summed E-state index contributed by atoms with van der Waals surface area (Å²) < 4.78 is 0. The fraction of sp³-hybridized carbons (Fsp3) is 0.467. The molecule has 0 unspecified atom stereocenters. The van der Waals surface area contributed by atoms with Crippen LogP contribution in [0.5, 0.6) is 0 Å². The summed E-state index contributed by atoms with van der Waals surface area (Å²) in [5.74, 6) is -1.85. The lowest BCUT2D eigenvalue weighted by Gasteiger charge is -2.19. The molecular weight excluding hydrogens is 242 g/mol. The Morgan fingerprint density at radius 3 is 2.68 bits per heavy atom. The van der Waals surface area contributed by atoms with Crippen molar-refractivity contribution >= 4 is 17.6 Å². The third-order valence-electron chi connectivity index (χ3n) is 4.10. The first-order valence-corrected chi connectivity index (χ1v) is 6.81. The molecule has 0 radical (unpaired) electrons. The summed E-state index contributed by atoms with van der Waals surface area (Å²) in [5, 5.41) is 11.8. The Bertz CT molecular complexity index is 538. The average molecular weight is 259 g/mol. The summed E-state index contributed by atoms with van der Waals surface area (Å²) in [6.45, 7) is 0. The van der Waals surface area contributed by atoms with Gasteiger partial charge in [0.15, 0.2) is 0 Å². The van der Waals surface area contributed by atoms with Crippen molar-refractivity contribution in [2.75, 3.05) is 5.32 Å². The minimum absolute atomic E-state index is 0.147. The van der Waals surface area contributed by atoms with Crippen molar-refractivity contribution in [1.82, 2.24) is 0 Å². The number of aliphatic carboxylic acids is 1. The predicted octanol–water partition coefficient (Wildman–Crippen LogP) is 2.22. The largest absolute Gasteiger partial charge is 0.481 e. The number of carboxylic acid groups (broad SMARTS) is 1. The van der Waals surface area contributed by atoms with E-state index in [0.717, 1.165) is 24.9 Å². The molecule has 19 heavy (non-hydrogen) atoms. The molecule has 3 rings (SSSR count). The van der Waals surface area contributed by atoms with E-state index in [1.165, 1.54) is 17.5 Å². The van der Waals surface area contributed by atoms with Gasteiger partial charge in [-0.3, -0.25) is 9.59 Å². The fourth-order valence-electron chi connectivity index (χ4n) is 2.88. The van der Waals surface area contributed by atoms with Gasteiger partial charge in [0.2, 0.25) is 5.91 Å². The molecule has 1 amide bonds. The van der Waals surface area contributed by atoms with Gasteiger partial charge < -0.3 is 10.4 Å². The van der Waals surface area contributed by atoms with Gasteiger partial charge in [0, 0.05) is 5.69 Å². The van der Waals surface area contributed by atoms with Gasteiger partial charge in [-0.1, -0.05) is 12.1 Å². The van der Waals surface area contributed by atoms with Crippen LogP contribution in [0.3, 0.4) is 0 Å². The van der Waals surface area contributed by atoms with Crippen LogP contribution in [0, 0.1) is 11.8 Å². The Morgan fingerprint density at radius 2 is 1.95 bits per heavy atom. The molecule has 2 aliphatic carbocycles. The lowest BCUT2D eigenvalue weighted by molar-refractivity contribution is -0.139. The van der Waals surface area contributed by atoms with E-state index in [1.54, 1.807) is 0 Å². The summed E-state index contributed by atoms with van der Waals surface area (Å²) in [6.07, 6.45) is 4.89. The normalized spacial score (nSPS) is 24.4. The second-order valence-corrected chi connectivity index (χ2v) is 5.43. The molecule has 1 saturated carbocycles. The van der Waals surface area contributed by atoms with Crippen LogP contribution >= 0.6 is 0 Å². The van der Waals surface area contributed by atoms with Crippen LogP contribution in [-0.2, 0) is 22.4 Å². The summed E-state index contributed by atoms with van der Waals surface area (Å²) >= 11 is 0. The van der Waals surface area contributed by atoms with E-state index >= 15 is 0 Å². The van der Waals surface area contributed by atoms with Crippen molar-refractivity contribution in [1.29, 1.82) is 0 Å². The smallest absolute Gasteiger partial charge is 0.307 e. The van der Waals surface area contributed by atoms with E-state index in [2.05, 4.69) is 11.4 Å². The first-order chi connectivity index (χ1) is 9.16. The highest BCUT2D eigenvalue weighted by atomic mass is 16.4. The van der Waals surface area contributed by atoms with Crippen molar-refractivity contribution in [2.24, 2.45) is 11.8 Å². The zero-order chi connectivity index (χ0) is 13.4. The van der Waals surface area contributed by atoms with Crippen molar-refractivity contribution in [2.45, 2.75) is 32.1 Å². The number of hydrogen-bond acceptors (Lipinski definition) is 2. The molecule has 0 bridgehead atoms. The predicted molar refractivity (Wildman–Crippen MR) is 70.9 cm³/mol. The standard InChI is InChI=1S/C15H17NO3/c17-14(11-8-12(11)15(18)19)16-13-7-3-5-9-4-1-2-6-10(9)13/h3,5,7,11-12H,1-2,4,6,8H2,(H,16,17)(H,18,19)/t11-,12+/m1/s1. The Morgan fingerprint density at radius 1 is 1.16 bits per heavy atom. The lowest BCUT2D eigenvalue weighted by Crippen LogP contribution is -2.19. The highest BCUT2D eigenvalue weighted by Gasteiger charge is 2.48. The van der Waals surface area contributed by atoms with Crippen LogP contribution in [0.4, 0.5) is 5.69 Å². The van der Waals surface area contributed by atoms with E-state index in [9.17, 15) is 9.59 Å². The lowest BCUT2D eigenvalue weighted by atomic mass is 9.90. The Kier molecular flexibility index (Phi) is 3.01. The number of carbonyl (C=O) groups excluding carboxylic acids is 1. The highest BCUT2D eigenvalue weighted by molar-refractivity contribution is 5.98. The van der Waals surface area contributed by atoms with Gasteiger partial charge in [0.1, 0.15) is 0 Å². The monoisotopic (exact) mass is 259 g/mol. The molecule has 4 nitrogen and oxygen atoms in total. The van der Waals surface area contributed by atoms with Gasteiger partial charge >= 0.3 is 5.97 Å². The minimum atomic E-state index is -0.866. The van der Waals surface area contributed by atoms with Crippen molar-refractivity contribution in [3.8, 4) is 0 Å². The summed E-state index contributed by atoms with van der Waals surface area (Å²) in [6, 6.07) is 5.99. The van der Waals surface area contributed by atoms with Gasteiger partial charge in [0.25, 0.3) is 0 Å². The van der Waals surface area contributed by atoms with Crippen LogP contribution in [-0.4, -0.2) is 17.0 Å². The highest BCUT2D eigenvalue weighted by Crippen LogP contribution is 2.40. The second-order valence-electron chi connectivity index (χ2n) is 5.43. The Labute approximate surface area is 111 Å². The van der Waals surface area contributed by atoms with Crippen LogP contribution < -0.4 is 5.32 Å². The van der Waals surface area contributed by atoms with Crippen molar-refractivity contribution in [3.05, 3.63) is 29.3 Å². The number of nitrogens with one attached hydrogen (secondary N) is 1. The summed E-state index contributed by atoms with van der Waals surface area (Å²) in [7, 11) is 0. The van der Waals surface area contributed by atoms with E-state index < -0.39 is 11.9 Å². The quantitative estimate of drug-likeness (QED) is 0.874. The van der Waals surface area contributed by atoms with Crippen LogP contribution in [0.15, 0.2) is 18.2 Å². The number of carbonyl (C=O) groups is 2. The van der Waals surface area contributed by atoms with E-state index in [0.29, 0.717) is 6.42 Å². The fourth-order valence-corrected chi connectivity index (χ4v) is 2.88. The molecule has 1 fully saturated rings. The average Bonchev–Trinajstić information content (AvgIpc) is 3.19. The van der Waals surface area contributed by atoms with Gasteiger partial charge in [-0.15, -0.1) is 0 Å². The van der Waals surface area contributed by atoms with E-state index in [1.807, 2.05) is 12.1 Å². The SMILES string of the molecule is O=C(O)[C@H]1C[C@H]1C(=O)Nc1cccc2c1CCCC2. The maximum atomic E-state index is 12.0. The Hall–Kier alpha value is -1.84. The number of carboxylic acids is 1. The number of rotatable bonds is 3. The van der Waals surface area contributed by atoms with Gasteiger partial charge in [-0.25, -0.2) is 0 Å². The molecule has 0 saturated heterocycles. The topological polar surface area (TPSA) is 66.4 Å². The molecule has 1 aromatic rings. The Balaban J connectivity index is 1.74. The molecule has 2 atom stereocenters. The van der Waals surface area contributed by atoms with Crippen molar-refractivity contribution < 1.29 is 14.7 Å². The molecule has 0 aromatic heterocycles. The number of aryl methyl sites for hydroxylation is 1. The summed E-state index contributed by atoms with van der Waals surface area (Å²) in [4.78, 5) is 22.8. The maximum Gasteiger partial charge on any atom is 0.307 e. The first-order valence-electron chi connectivity index (χ1n) is 6.81. The number of hydrogen-bond donors (Lipinski definition) is 2. The molecule has 0 aliphatic heterocycles. The first kappa shape index (κ1) is 12.2. The number of amides is 1.